The van der Waals surface area contributed by atoms with E-state index in [0.29, 0.717) is 24.2 Å². The molecular weight excluding hydrogens is 348 g/mol. The summed E-state index contributed by atoms with van der Waals surface area (Å²) in [5.74, 6) is -0.127. The Morgan fingerprint density at radius 1 is 1.31 bits per heavy atom. The Kier molecular flexibility index (Phi) is 5.58. The number of hydrogen-bond donors (Lipinski definition) is 2. The summed E-state index contributed by atoms with van der Waals surface area (Å²) in [6.07, 6.45) is 4.16. The van der Waals surface area contributed by atoms with E-state index in [9.17, 15) is 9.59 Å². The molecule has 0 aliphatic carbocycles. The summed E-state index contributed by atoms with van der Waals surface area (Å²) >= 11 is 1.56. The van der Waals surface area contributed by atoms with Gasteiger partial charge in [0.15, 0.2) is 0 Å². The Morgan fingerprint density at radius 3 is 2.88 bits per heavy atom. The molecule has 0 aromatic carbocycles. The Morgan fingerprint density at radius 2 is 2.15 bits per heavy atom. The Labute approximate surface area is 155 Å². The van der Waals surface area contributed by atoms with Gasteiger partial charge < -0.3 is 10.3 Å². The maximum absolute atomic E-state index is 12.4. The highest BCUT2D eigenvalue weighted by Gasteiger charge is 2.14. The predicted molar refractivity (Wildman–Crippen MR) is 103 cm³/mol. The molecule has 134 valence electrons. The van der Waals surface area contributed by atoms with Crippen LogP contribution < -0.4 is 10.9 Å². The van der Waals surface area contributed by atoms with Gasteiger partial charge in [-0.2, -0.15) is 0 Å². The number of carbonyl (C=O) groups is 1. The minimum Gasteiger partial charge on any atom is -0.352 e. The molecule has 0 aliphatic heterocycles. The lowest BCUT2D eigenvalue weighted by atomic mass is 10.0. The van der Waals surface area contributed by atoms with Crippen molar-refractivity contribution in [2.24, 2.45) is 0 Å². The van der Waals surface area contributed by atoms with Gasteiger partial charge in [-0.1, -0.05) is 13.8 Å². The monoisotopic (exact) mass is 368 g/mol. The predicted octanol–water partition coefficient (Wildman–Crippen LogP) is 2.99. The maximum Gasteiger partial charge on any atom is 0.253 e. The number of thiazole rings is 1. The van der Waals surface area contributed by atoms with Crippen molar-refractivity contribution in [3.05, 3.63) is 69.3 Å². The second kappa shape index (κ2) is 8.05. The van der Waals surface area contributed by atoms with Crippen LogP contribution in [-0.4, -0.2) is 27.4 Å². The molecule has 7 heteroatoms. The molecule has 2 N–H and O–H groups in total. The first-order valence-corrected chi connectivity index (χ1v) is 9.29. The molecule has 0 fully saturated rings. The third-order valence-corrected chi connectivity index (χ3v) is 4.84. The van der Waals surface area contributed by atoms with Gasteiger partial charge >= 0.3 is 0 Å². The molecule has 0 saturated heterocycles. The van der Waals surface area contributed by atoms with E-state index in [1.165, 1.54) is 6.07 Å². The third-order valence-electron chi connectivity index (χ3n) is 3.90. The molecule has 0 atom stereocenters. The van der Waals surface area contributed by atoms with E-state index >= 15 is 0 Å². The molecule has 0 saturated carbocycles. The van der Waals surface area contributed by atoms with Crippen molar-refractivity contribution >= 4 is 17.2 Å². The van der Waals surface area contributed by atoms with Crippen LogP contribution in [0.1, 0.15) is 41.5 Å². The fourth-order valence-electron chi connectivity index (χ4n) is 2.59. The third kappa shape index (κ3) is 4.23. The first-order chi connectivity index (χ1) is 12.5. The zero-order valence-corrected chi connectivity index (χ0v) is 15.5. The van der Waals surface area contributed by atoms with Crippen LogP contribution >= 0.6 is 11.3 Å². The highest BCUT2D eigenvalue weighted by molar-refractivity contribution is 7.13. The van der Waals surface area contributed by atoms with Gasteiger partial charge in [0.1, 0.15) is 5.01 Å². The lowest BCUT2D eigenvalue weighted by molar-refractivity contribution is 0.0952. The average Bonchev–Trinajstić information content (AvgIpc) is 3.11. The number of aromatic amines is 1. The first kappa shape index (κ1) is 18.0. The number of pyridine rings is 2. The van der Waals surface area contributed by atoms with Gasteiger partial charge in [-0.15, -0.1) is 11.3 Å². The molecule has 0 bridgehead atoms. The lowest BCUT2D eigenvalue weighted by Gasteiger charge is -2.12. The maximum atomic E-state index is 12.4. The Hall–Kier alpha value is -2.80. The van der Waals surface area contributed by atoms with Crippen molar-refractivity contribution in [2.75, 3.05) is 6.54 Å². The number of amides is 1. The van der Waals surface area contributed by atoms with E-state index in [1.807, 2.05) is 31.4 Å². The second-order valence-electron chi connectivity index (χ2n) is 6.20. The molecular formula is C19H20N4O2S. The van der Waals surface area contributed by atoms with Crippen LogP contribution in [0.25, 0.3) is 10.6 Å². The van der Waals surface area contributed by atoms with E-state index in [2.05, 4.69) is 20.3 Å². The van der Waals surface area contributed by atoms with Crippen molar-refractivity contribution in [3.63, 3.8) is 0 Å². The topological polar surface area (TPSA) is 87.7 Å². The Balaban J connectivity index is 1.61. The van der Waals surface area contributed by atoms with E-state index in [4.69, 9.17) is 0 Å². The van der Waals surface area contributed by atoms with E-state index in [-0.39, 0.29) is 17.4 Å². The standard InChI is InChI=1S/C19H20N4O2S/c1-12(2)17-15(5-6-16(24)23-17)18(25)21-9-7-14-11-26-19(22-14)13-4-3-8-20-10-13/h3-6,8,10-12H,7,9H2,1-2H3,(H,21,25)(H,23,24). The smallest absolute Gasteiger partial charge is 0.253 e. The summed E-state index contributed by atoms with van der Waals surface area (Å²) in [6.45, 7) is 4.36. The van der Waals surface area contributed by atoms with Gasteiger partial charge in [0.2, 0.25) is 5.56 Å². The fraction of sp³-hybridized carbons (Fsp3) is 0.263. The van der Waals surface area contributed by atoms with Crippen molar-refractivity contribution in [2.45, 2.75) is 26.2 Å². The van der Waals surface area contributed by atoms with Crippen LogP contribution in [0.15, 0.2) is 46.8 Å². The minimum atomic E-state index is -0.198. The summed E-state index contributed by atoms with van der Waals surface area (Å²) in [7, 11) is 0. The molecule has 3 rings (SSSR count). The van der Waals surface area contributed by atoms with Crippen molar-refractivity contribution in [1.82, 2.24) is 20.3 Å². The largest absolute Gasteiger partial charge is 0.352 e. The molecule has 26 heavy (non-hydrogen) atoms. The summed E-state index contributed by atoms with van der Waals surface area (Å²) in [5.41, 5.74) is 2.88. The van der Waals surface area contributed by atoms with Gasteiger partial charge in [0.05, 0.1) is 11.3 Å². The molecule has 0 spiro atoms. The average molecular weight is 368 g/mol. The summed E-state index contributed by atoms with van der Waals surface area (Å²) in [5, 5.41) is 5.82. The minimum absolute atomic E-state index is 0.0604. The van der Waals surface area contributed by atoms with Crippen molar-refractivity contribution in [3.8, 4) is 10.6 Å². The molecule has 3 aromatic rings. The molecule has 3 aromatic heterocycles. The van der Waals surface area contributed by atoms with Gasteiger partial charge in [-0.3, -0.25) is 14.6 Å². The van der Waals surface area contributed by atoms with Gasteiger partial charge in [-0.05, 0) is 24.1 Å². The van der Waals surface area contributed by atoms with Crippen LogP contribution in [0.3, 0.4) is 0 Å². The summed E-state index contributed by atoms with van der Waals surface area (Å²) in [4.78, 5) is 35.4. The molecule has 6 nitrogen and oxygen atoms in total. The lowest BCUT2D eigenvalue weighted by Crippen LogP contribution is -2.28. The normalized spacial score (nSPS) is 10.9. The molecule has 3 heterocycles. The van der Waals surface area contributed by atoms with Crippen LogP contribution in [-0.2, 0) is 6.42 Å². The van der Waals surface area contributed by atoms with Crippen molar-refractivity contribution < 1.29 is 4.79 Å². The zero-order valence-electron chi connectivity index (χ0n) is 14.7. The molecule has 0 unspecified atom stereocenters. The van der Waals surface area contributed by atoms with Gasteiger partial charge in [0, 0.05) is 48.1 Å². The van der Waals surface area contributed by atoms with Crippen molar-refractivity contribution in [1.29, 1.82) is 0 Å². The number of nitrogens with one attached hydrogen (secondary N) is 2. The number of rotatable bonds is 6. The first-order valence-electron chi connectivity index (χ1n) is 8.41. The van der Waals surface area contributed by atoms with Crippen LogP contribution in [0.2, 0.25) is 0 Å². The van der Waals surface area contributed by atoms with Gasteiger partial charge in [-0.25, -0.2) is 4.98 Å². The van der Waals surface area contributed by atoms with E-state index in [0.717, 1.165) is 16.3 Å². The number of H-pyrrole nitrogens is 1. The SMILES string of the molecule is CC(C)c1[nH]c(=O)ccc1C(=O)NCCc1csc(-c2cccnc2)n1. The number of carbonyl (C=O) groups excluding carboxylic acids is 1. The highest BCUT2D eigenvalue weighted by atomic mass is 32.1. The van der Waals surface area contributed by atoms with E-state index < -0.39 is 0 Å². The molecule has 1 amide bonds. The molecule has 0 aliphatic rings. The highest BCUT2D eigenvalue weighted by Crippen LogP contribution is 2.22. The number of hydrogen-bond acceptors (Lipinski definition) is 5. The van der Waals surface area contributed by atoms with E-state index in [1.54, 1.807) is 29.8 Å². The second-order valence-corrected chi connectivity index (χ2v) is 7.05. The molecule has 0 radical (unpaired) electrons. The fourth-order valence-corrected chi connectivity index (χ4v) is 3.43. The summed E-state index contributed by atoms with van der Waals surface area (Å²) in [6, 6.07) is 6.81. The van der Waals surface area contributed by atoms with Crippen LogP contribution in [0.5, 0.6) is 0 Å². The number of aromatic nitrogens is 3. The number of nitrogens with zero attached hydrogens (tertiary/aromatic N) is 2. The zero-order chi connectivity index (χ0) is 18.5. The quantitative estimate of drug-likeness (QED) is 0.700. The van der Waals surface area contributed by atoms with Crippen LogP contribution in [0.4, 0.5) is 0 Å². The van der Waals surface area contributed by atoms with Crippen LogP contribution in [0, 0.1) is 0 Å². The van der Waals surface area contributed by atoms with Gasteiger partial charge in [0.25, 0.3) is 5.91 Å². The summed E-state index contributed by atoms with van der Waals surface area (Å²) < 4.78 is 0. The Bertz CT molecular complexity index is 947.